The van der Waals surface area contributed by atoms with Crippen LogP contribution in [0.25, 0.3) is 0 Å². The Morgan fingerprint density at radius 3 is 2.53 bits per heavy atom. The molecular weight excluding hydrogens is 494 g/mol. The summed E-state index contributed by atoms with van der Waals surface area (Å²) >= 11 is 5.94. The van der Waals surface area contributed by atoms with Crippen LogP contribution in [0.5, 0.6) is 5.75 Å². The number of ether oxygens (including phenoxy) is 2. The molecule has 5 rings (SSSR count). The number of benzene rings is 1. The standard InChI is InChI=1S/C30H39N5O2S/c1-21(2)37-25-11-9-24(10-12-25)35-29(28(32-30(35)38)27-8-5-6-13-31-27)26-20-22(3)34(23(26)4)15-7-14-33-16-18-36-19-17-33/h5-6,8-13,20-21,28-29H,7,14-19H2,1-4H3,(H,32,38)/t28-,29+/m1/s1. The number of hydrogen-bond donors (Lipinski definition) is 1. The van der Waals surface area contributed by atoms with Crippen LogP contribution in [0.15, 0.2) is 54.7 Å². The zero-order valence-electron chi connectivity index (χ0n) is 22.9. The maximum atomic E-state index is 5.94. The van der Waals surface area contributed by atoms with Gasteiger partial charge in [-0.25, -0.2) is 0 Å². The molecule has 8 heteroatoms. The van der Waals surface area contributed by atoms with Crippen LogP contribution in [0.1, 0.15) is 55.0 Å². The first kappa shape index (κ1) is 26.7. The van der Waals surface area contributed by atoms with Gasteiger partial charge in [-0.05, 0) is 94.4 Å². The van der Waals surface area contributed by atoms with Crippen molar-refractivity contribution in [2.75, 3.05) is 37.7 Å². The Morgan fingerprint density at radius 2 is 1.84 bits per heavy atom. The number of nitrogens with zero attached hydrogens (tertiary/aromatic N) is 4. The monoisotopic (exact) mass is 533 g/mol. The van der Waals surface area contributed by atoms with Gasteiger partial charge in [0.05, 0.1) is 37.1 Å². The fraction of sp³-hybridized carbons (Fsp3) is 0.467. The summed E-state index contributed by atoms with van der Waals surface area (Å²) in [6.07, 6.45) is 3.10. The number of rotatable bonds is 9. The van der Waals surface area contributed by atoms with Crippen molar-refractivity contribution in [1.82, 2.24) is 19.8 Å². The summed E-state index contributed by atoms with van der Waals surface area (Å²) in [7, 11) is 0. The second-order valence-electron chi connectivity index (χ2n) is 10.4. The van der Waals surface area contributed by atoms with Crippen LogP contribution in [-0.4, -0.2) is 58.5 Å². The quantitative estimate of drug-likeness (QED) is 0.380. The number of morpholine rings is 1. The van der Waals surface area contributed by atoms with E-state index in [2.05, 4.69) is 57.8 Å². The molecule has 38 heavy (non-hydrogen) atoms. The second-order valence-corrected chi connectivity index (χ2v) is 10.8. The van der Waals surface area contributed by atoms with Crippen LogP contribution < -0.4 is 15.0 Å². The molecule has 0 spiro atoms. The summed E-state index contributed by atoms with van der Waals surface area (Å²) in [5.41, 5.74) is 5.86. The normalized spacial score (nSPS) is 20.2. The second kappa shape index (κ2) is 11.8. The minimum absolute atomic E-state index is 0.0199. The number of hydrogen-bond acceptors (Lipinski definition) is 5. The van der Waals surface area contributed by atoms with Crippen molar-refractivity contribution in [3.63, 3.8) is 0 Å². The highest BCUT2D eigenvalue weighted by Crippen LogP contribution is 2.43. The molecular formula is C30H39N5O2S. The maximum absolute atomic E-state index is 5.94. The first-order chi connectivity index (χ1) is 18.4. The SMILES string of the molecule is Cc1cc([C@H]2[C@@H](c3ccccn3)NC(=S)N2c2ccc(OC(C)C)cc2)c(C)n1CCCN1CCOCC1. The molecule has 3 aromatic rings. The van der Waals surface area contributed by atoms with E-state index in [0.29, 0.717) is 5.11 Å². The van der Waals surface area contributed by atoms with Gasteiger partial charge in [-0.15, -0.1) is 0 Å². The molecule has 2 aromatic heterocycles. The van der Waals surface area contributed by atoms with Gasteiger partial charge in [0.25, 0.3) is 0 Å². The van der Waals surface area contributed by atoms with Crippen molar-refractivity contribution in [2.24, 2.45) is 0 Å². The fourth-order valence-electron chi connectivity index (χ4n) is 5.65. The minimum Gasteiger partial charge on any atom is -0.491 e. The van der Waals surface area contributed by atoms with E-state index in [1.165, 1.54) is 17.0 Å². The first-order valence-corrected chi connectivity index (χ1v) is 14.1. The zero-order chi connectivity index (χ0) is 26.6. The third kappa shape index (κ3) is 5.72. The van der Waals surface area contributed by atoms with E-state index in [9.17, 15) is 0 Å². The van der Waals surface area contributed by atoms with E-state index in [1.54, 1.807) is 0 Å². The third-order valence-electron chi connectivity index (χ3n) is 7.48. The number of thiocarbonyl (C=S) groups is 1. The van der Waals surface area contributed by atoms with Crippen molar-refractivity contribution in [2.45, 2.75) is 58.8 Å². The van der Waals surface area contributed by atoms with Crippen molar-refractivity contribution in [3.05, 3.63) is 77.4 Å². The summed E-state index contributed by atoms with van der Waals surface area (Å²) in [5.74, 6) is 0.859. The molecule has 0 aliphatic carbocycles. The van der Waals surface area contributed by atoms with Crippen LogP contribution in [0.3, 0.4) is 0 Å². The molecule has 4 heterocycles. The molecule has 202 valence electrons. The van der Waals surface area contributed by atoms with Crippen molar-refractivity contribution in [3.8, 4) is 5.75 Å². The Kier molecular flexibility index (Phi) is 8.31. The summed E-state index contributed by atoms with van der Waals surface area (Å²) in [6, 6.07) is 16.6. The average Bonchev–Trinajstić information content (AvgIpc) is 3.40. The highest BCUT2D eigenvalue weighted by molar-refractivity contribution is 7.80. The maximum Gasteiger partial charge on any atom is 0.174 e. The number of aryl methyl sites for hydroxylation is 1. The summed E-state index contributed by atoms with van der Waals surface area (Å²) in [5, 5.41) is 4.30. The van der Waals surface area contributed by atoms with Crippen molar-refractivity contribution in [1.29, 1.82) is 0 Å². The van der Waals surface area contributed by atoms with Gasteiger partial charge < -0.3 is 24.3 Å². The molecule has 1 N–H and O–H groups in total. The lowest BCUT2D eigenvalue weighted by molar-refractivity contribution is 0.0369. The number of pyridine rings is 1. The van der Waals surface area contributed by atoms with E-state index in [-0.39, 0.29) is 18.2 Å². The lowest BCUT2D eigenvalue weighted by Gasteiger charge is -2.28. The van der Waals surface area contributed by atoms with Gasteiger partial charge >= 0.3 is 0 Å². The minimum atomic E-state index is -0.0578. The summed E-state index contributed by atoms with van der Waals surface area (Å²) in [6.45, 7) is 14.4. The van der Waals surface area contributed by atoms with Crippen LogP contribution in [0.2, 0.25) is 0 Å². The predicted octanol–water partition coefficient (Wildman–Crippen LogP) is 5.19. The third-order valence-corrected chi connectivity index (χ3v) is 7.79. The molecule has 0 bridgehead atoms. The fourth-order valence-corrected chi connectivity index (χ4v) is 6.00. The lowest BCUT2D eigenvalue weighted by atomic mass is 9.96. The molecule has 2 aliphatic rings. The largest absolute Gasteiger partial charge is 0.491 e. The molecule has 0 unspecified atom stereocenters. The molecule has 0 amide bonds. The van der Waals surface area contributed by atoms with E-state index < -0.39 is 0 Å². The molecule has 2 fully saturated rings. The Balaban J connectivity index is 1.45. The van der Waals surface area contributed by atoms with E-state index >= 15 is 0 Å². The predicted molar refractivity (Wildman–Crippen MR) is 156 cm³/mol. The van der Waals surface area contributed by atoms with Gasteiger partial charge in [0, 0.05) is 49.5 Å². The van der Waals surface area contributed by atoms with Crippen LogP contribution in [0.4, 0.5) is 5.69 Å². The van der Waals surface area contributed by atoms with Crippen LogP contribution >= 0.6 is 12.2 Å². The van der Waals surface area contributed by atoms with Gasteiger partial charge in [-0.3, -0.25) is 9.88 Å². The molecule has 7 nitrogen and oxygen atoms in total. The van der Waals surface area contributed by atoms with Gasteiger partial charge in [-0.2, -0.15) is 0 Å². The Morgan fingerprint density at radius 1 is 1.08 bits per heavy atom. The lowest BCUT2D eigenvalue weighted by Crippen LogP contribution is -2.37. The van der Waals surface area contributed by atoms with Crippen LogP contribution in [-0.2, 0) is 11.3 Å². The topological polar surface area (TPSA) is 54.8 Å². The van der Waals surface area contributed by atoms with Gasteiger partial charge in [-0.1, -0.05) is 6.07 Å². The van der Waals surface area contributed by atoms with E-state index in [4.69, 9.17) is 26.7 Å². The van der Waals surface area contributed by atoms with E-state index in [1.807, 2.05) is 44.3 Å². The molecule has 2 aliphatic heterocycles. The van der Waals surface area contributed by atoms with Gasteiger partial charge in [0.2, 0.25) is 0 Å². The molecule has 2 atom stereocenters. The van der Waals surface area contributed by atoms with E-state index in [0.717, 1.165) is 62.9 Å². The van der Waals surface area contributed by atoms with Gasteiger partial charge in [0.1, 0.15) is 5.75 Å². The smallest absolute Gasteiger partial charge is 0.174 e. The highest BCUT2D eigenvalue weighted by Gasteiger charge is 2.42. The number of aromatic nitrogens is 2. The molecule has 0 radical (unpaired) electrons. The Bertz CT molecular complexity index is 1220. The zero-order valence-corrected chi connectivity index (χ0v) is 23.7. The first-order valence-electron chi connectivity index (χ1n) is 13.7. The molecule has 1 aromatic carbocycles. The summed E-state index contributed by atoms with van der Waals surface area (Å²) < 4.78 is 13.9. The van der Waals surface area contributed by atoms with Gasteiger partial charge in [0.15, 0.2) is 5.11 Å². The average molecular weight is 534 g/mol. The highest BCUT2D eigenvalue weighted by atomic mass is 32.1. The Hall–Kier alpha value is -2.94. The van der Waals surface area contributed by atoms with Crippen molar-refractivity contribution >= 4 is 23.0 Å². The number of anilines is 1. The summed E-state index contributed by atoms with van der Waals surface area (Å²) in [4.78, 5) is 9.46. The number of nitrogens with one attached hydrogen (secondary N) is 1. The Labute approximate surface area is 231 Å². The molecule has 0 saturated carbocycles. The van der Waals surface area contributed by atoms with Crippen molar-refractivity contribution < 1.29 is 9.47 Å². The molecule has 2 saturated heterocycles. The van der Waals surface area contributed by atoms with Crippen LogP contribution in [0, 0.1) is 13.8 Å².